The number of hydrogen-bond acceptors (Lipinski definition) is 2. The summed E-state index contributed by atoms with van der Waals surface area (Å²) in [5.74, 6) is -0.957. The molecule has 0 saturated heterocycles. The first-order chi connectivity index (χ1) is 11.0. The normalized spacial score (nSPS) is 10.0. The molecule has 0 spiro atoms. The minimum atomic E-state index is -0.608. The highest BCUT2D eigenvalue weighted by Crippen LogP contribution is 2.19. The second-order valence-corrected chi connectivity index (χ2v) is 5.08. The Morgan fingerprint density at radius 3 is 2.61 bits per heavy atom. The van der Waals surface area contributed by atoms with Gasteiger partial charge in [-0.3, -0.25) is 4.79 Å². The van der Waals surface area contributed by atoms with Gasteiger partial charge in [-0.05, 0) is 43.3 Å². The third-order valence-corrected chi connectivity index (χ3v) is 3.13. The molecular formula is C16H15ClFN3O2. The van der Waals surface area contributed by atoms with Gasteiger partial charge in [0.15, 0.2) is 0 Å². The van der Waals surface area contributed by atoms with Crippen molar-refractivity contribution in [2.75, 3.05) is 17.2 Å². The molecule has 2 rings (SSSR count). The molecule has 7 heteroatoms. The lowest BCUT2D eigenvalue weighted by Gasteiger charge is -2.12. The predicted octanol–water partition coefficient (Wildman–Crippen LogP) is 3.87. The summed E-state index contributed by atoms with van der Waals surface area (Å²) in [6.45, 7) is 2.19. The Balaban J connectivity index is 2.16. The van der Waals surface area contributed by atoms with Crippen LogP contribution in [0.4, 0.5) is 20.6 Å². The lowest BCUT2D eigenvalue weighted by Crippen LogP contribution is -2.26. The molecule has 0 radical (unpaired) electrons. The molecule has 3 amide bonds. The number of carbonyl (C=O) groups is 2. The van der Waals surface area contributed by atoms with Gasteiger partial charge in [0.1, 0.15) is 5.82 Å². The lowest BCUT2D eigenvalue weighted by atomic mass is 10.1. The zero-order valence-corrected chi connectivity index (χ0v) is 13.1. The highest BCUT2D eigenvalue weighted by atomic mass is 35.5. The minimum absolute atomic E-state index is 0.0791. The van der Waals surface area contributed by atoms with Gasteiger partial charge in [0.25, 0.3) is 5.91 Å². The fourth-order valence-electron chi connectivity index (χ4n) is 1.92. The van der Waals surface area contributed by atoms with Gasteiger partial charge in [0, 0.05) is 17.3 Å². The molecule has 3 N–H and O–H groups in total. The molecule has 0 bridgehead atoms. The Bertz CT molecular complexity index is 737. The summed E-state index contributed by atoms with van der Waals surface area (Å²) in [6.07, 6.45) is 0. The van der Waals surface area contributed by atoms with Crippen LogP contribution in [0.3, 0.4) is 0 Å². The first-order valence-electron chi connectivity index (χ1n) is 6.91. The summed E-state index contributed by atoms with van der Waals surface area (Å²) in [5.41, 5.74) is 0.732. The number of carbonyl (C=O) groups excluding carboxylic acids is 2. The maximum absolute atomic E-state index is 13.4. The van der Waals surface area contributed by atoms with E-state index in [-0.39, 0.29) is 11.3 Å². The number of amides is 3. The molecule has 120 valence electrons. The van der Waals surface area contributed by atoms with E-state index in [2.05, 4.69) is 16.0 Å². The smallest absolute Gasteiger partial charge is 0.323 e. The SMILES string of the molecule is CCNC(=O)c1ccc(F)cc1NC(=O)Nc1cccc(Cl)c1. The summed E-state index contributed by atoms with van der Waals surface area (Å²) < 4.78 is 13.4. The molecule has 2 aromatic carbocycles. The molecule has 0 atom stereocenters. The summed E-state index contributed by atoms with van der Waals surface area (Å²) in [6, 6.07) is 9.52. The second kappa shape index (κ2) is 7.60. The van der Waals surface area contributed by atoms with Gasteiger partial charge in [-0.15, -0.1) is 0 Å². The third-order valence-electron chi connectivity index (χ3n) is 2.89. The van der Waals surface area contributed by atoms with Crippen LogP contribution >= 0.6 is 11.6 Å². The van der Waals surface area contributed by atoms with Crippen LogP contribution in [0.5, 0.6) is 0 Å². The second-order valence-electron chi connectivity index (χ2n) is 4.64. The Labute approximate surface area is 137 Å². The minimum Gasteiger partial charge on any atom is -0.352 e. The van der Waals surface area contributed by atoms with Crippen molar-refractivity contribution in [1.29, 1.82) is 0 Å². The third kappa shape index (κ3) is 4.69. The molecule has 0 heterocycles. The molecule has 5 nitrogen and oxygen atoms in total. The van der Waals surface area contributed by atoms with Crippen LogP contribution < -0.4 is 16.0 Å². The first-order valence-corrected chi connectivity index (χ1v) is 7.28. The van der Waals surface area contributed by atoms with E-state index in [4.69, 9.17) is 11.6 Å². The van der Waals surface area contributed by atoms with E-state index < -0.39 is 17.8 Å². The van der Waals surface area contributed by atoms with E-state index in [1.54, 1.807) is 31.2 Å². The van der Waals surface area contributed by atoms with Crippen molar-refractivity contribution in [2.24, 2.45) is 0 Å². The molecule has 0 fully saturated rings. The number of halogens is 2. The maximum atomic E-state index is 13.4. The Morgan fingerprint density at radius 1 is 1.13 bits per heavy atom. The highest BCUT2D eigenvalue weighted by Gasteiger charge is 2.14. The highest BCUT2D eigenvalue weighted by molar-refractivity contribution is 6.30. The van der Waals surface area contributed by atoms with E-state index in [9.17, 15) is 14.0 Å². The number of hydrogen-bond donors (Lipinski definition) is 3. The average molecular weight is 336 g/mol. The van der Waals surface area contributed by atoms with Gasteiger partial charge in [-0.1, -0.05) is 17.7 Å². The summed E-state index contributed by atoms with van der Waals surface area (Å²) in [4.78, 5) is 24.0. The number of urea groups is 1. The van der Waals surface area contributed by atoms with Crippen LogP contribution in [-0.2, 0) is 0 Å². The maximum Gasteiger partial charge on any atom is 0.323 e. The summed E-state index contributed by atoms with van der Waals surface area (Å²) >= 11 is 5.84. The van der Waals surface area contributed by atoms with Crippen molar-refractivity contribution >= 4 is 34.9 Å². The Morgan fingerprint density at radius 2 is 1.91 bits per heavy atom. The largest absolute Gasteiger partial charge is 0.352 e. The topological polar surface area (TPSA) is 70.2 Å². The molecule has 0 saturated carbocycles. The van der Waals surface area contributed by atoms with Gasteiger partial charge in [0.2, 0.25) is 0 Å². The molecular weight excluding hydrogens is 321 g/mol. The average Bonchev–Trinajstić information content (AvgIpc) is 2.47. The van der Waals surface area contributed by atoms with Crippen molar-refractivity contribution in [1.82, 2.24) is 5.32 Å². The van der Waals surface area contributed by atoms with Crippen molar-refractivity contribution in [3.63, 3.8) is 0 Å². The number of anilines is 2. The zero-order valence-electron chi connectivity index (χ0n) is 12.3. The van der Waals surface area contributed by atoms with Crippen LogP contribution in [0.25, 0.3) is 0 Å². The van der Waals surface area contributed by atoms with E-state index >= 15 is 0 Å². The number of nitrogens with one attached hydrogen (secondary N) is 3. The van der Waals surface area contributed by atoms with E-state index in [0.717, 1.165) is 12.1 Å². The molecule has 23 heavy (non-hydrogen) atoms. The predicted molar refractivity (Wildman–Crippen MR) is 88.5 cm³/mol. The van der Waals surface area contributed by atoms with Gasteiger partial charge in [-0.2, -0.15) is 0 Å². The first kappa shape index (κ1) is 16.8. The Kier molecular flexibility index (Phi) is 5.54. The molecule has 0 unspecified atom stereocenters. The van der Waals surface area contributed by atoms with Crippen LogP contribution in [0, 0.1) is 5.82 Å². The zero-order chi connectivity index (χ0) is 16.8. The van der Waals surface area contributed by atoms with Crippen molar-refractivity contribution in [2.45, 2.75) is 6.92 Å². The van der Waals surface area contributed by atoms with E-state index in [0.29, 0.717) is 17.3 Å². The standard InChI is InChI=1S/C16H15ClFN3O2/c1-2-19-15(22)13-7-6-11(18)9-14(13)21-16(23)20-12-5-3-4-10(17)8-12/h3-9H,2H2,1H3,(H,19,22)(H2,20,21,23). The van der Waals surface area contributed by atoms with Gasteiger partial charge < -0.3 is 16.0 Å². The molecule has 0 aliphatic carbocycles. The van der Waals surface area contributed by atoms with Gasteiger partial charge in [-0.25, -0.2) is 9.18 Å². The van der Waals surface area contributed by atoms with Gasteiger partial charge in [0.05, 0.1) is 11.3 Å². The molecule has 0 aliphatic heterocycles. The lowest BCUT2D eigenvalue weighted by molar-refractivity contribution is 0.0956. The number of benzene rings is 2. The quantitative estimate of drug-likeness (QED) is 0.793. The fraction of sp³-hybridized carbons (Fsp3) is 0.125. The molecule has 0 aliphatic rings. The fourth-order valence-corrected chi connectivity index (χ4v) is 2.11. The molecule has 2 aromatic rings. The summed E-state index contributed by atoms with van der Waals surface area (Å²) in [5, 5.41) is 8.10. The van der Waals surface area contributed by atoms with E-state index in [1.807, 2.05) is 0 Å². The van der Waals surface area contributed by atoms with E-state index in [1.165, 1.54) is 6.07 Å². The van der Waals surface area contributed by atoms with Crippen molar-refractivity contribution in [3.05, 3.63) is 58.9 Å². The van der Waals surface area contributed by atoms with Crippen molar-refractivity contribution < 1.29 is 14.0 Å². The van der Waals surface area contributed by atoms with Crippen LogP contribution in [0.2, 0.25) is 5.02 Å². The summed E-state index contributed by atoms with van der Waals surface area (Å²) in [7, 11) is 0. The van der Waals surface area contributed by atoms with Crippen molar-refractivity contribution in [3.8, 4) is 0 Å². The van der Waals surface area contributed by atoms with Crippen LogP contribution in [0.15, 0.2) is 42.5 Å². The van der Waals surface area contributed by atoms with Crippen LogP contribution in [0.1, 0.15) is 17.3 Å². The number of rotatable bonds is 4. The molecule has 0 aromatic heterocycles. The Hall–Kier alpha value is -2.60. The van der Waals surface area contributed by atoms with Crippen LogP contribution in [-0.4, -0.2) is 18.5 Å². The monoisotopic (exact) mass is 335 g/mol. The van der Waals surface area contributed by atoms with Gasteiger partial charge >= 0.3 is 6.03 Å².